The summed E-state index contributed by atoms with van der Waals surface area (Å²) in [5.41, 5.74) is 1.43. The Morgan fingerprint density at radius 2 is 1.85 bits per heavy atom. The van der Waals surface area contributed by atoms with Crippen molar-refractivity contribution in [2.24, 2.45) is 5.92 Å². The summed E-state index contributed by atoms with van der Waals surface area (Å²) in [5.74, 6) is 2.38. The van der Waals surface area contributed by atoms with Gasteiger partial charge in [-0.2, -0.15) is 0 Å². The van der Waals surface area contributed by atoms with E-state index in [4.69, 9.17) is 9.47 Å². The van der Waals surface area contributed by atoms with Crippen LogP contribution in [0, 0.1) is 5.92 Å². The van der Waals surface area contributed by atoms with Gasteiger partial charge in [-0.05, 0) is 24.6 Å². The smallest absolute Gasteiger partial charge is 0.161 e. The van der Waals surface area contributed by atoms with Gasteiger partial charge in [-0.3, -0.25) is 0 Å². The Kier molecular flexibility index (Phi) is 5.48. The molecule has 1 saturated carbocycles. The Balaban J connectivity index is 1.49. The van der Waals surface area contributed by atoms with Crippen LogP contribution in [0.3, 0.4) is 0 Å². The van der Waals surface area contributed by atoms with Gasteiger partial charge in [0.2, 0.25) is 0 Å². The number of rotatable bonds is 6. The first kappa shape index (κ1) is 18.2. The van der Waals surface area contributed by atoms with E-state index in [1.807, 2.05) is 17.8 Å². The van der Waals surface area contributed by atoms with Crippen LogP contribution < -0.4 is 14.4 Å². The summed E-state index contributed by atoms with van der Waals surface area (Å²) in [6.07, 6.45) is 1.29. The second-order valence-corrected chi connectivity index (χ2v) is 9.53. The van der Waals surface area contributed by atoms with Crippen molar-refractivity contribution in [2.75, 3.05) is 20.8 Å². The van der Waals surface area contributed by atoms with Crippen molar-refractivity contribution in [1.29, 1.82) is 0 Å². The highest BCUT2D eigenvalue weighted by Gasteiger charge is 2.55. The largest absolute Gasteiger partial charge is 0.493 e. The molecule has 2 aromatic rings. The Labute approximate surface area is 168 Å². The number of halogens is 1. The van der Waals surface area contributed by atoms with E-state index in [1.54, 1.807) is 19.1 Å². The van der Waals surface area contributed by atoms with Crippen LogP contribution in [-0.2, 0) is 6.54 Å². The van der Waals surface area contributed by atoms with Gasteiger partial charge in [0, 0.05) is 16.4 Å². The fraction of sp³-hybridized carbons (Fsp3) is 0.429. The first-order valence-electron chi connectivity index (χ1n) is 9.11. The third-order valence-electron chi connectivity index (χ3n) is 5.64. The first-order valence-corrected chi connectivity index (χ1v) is 10.9. The highest BCUT2D eigenvalue weighted by molar-refractivity contribution is 9.09. The highest BCUT2D eigenvalue weighted by atomic mass is 79.9. The summed E-state index contributed by atoms with van der Waals surface area (Å²) >= 11 is 6.01. The van der Waals surface area contributed by atoms with Gasteiger partial charge in [-0.25, -0.2) is 0 Å². The van der Waals surface area contributed by atoms with Crippen LogP contribution in [0.5, 0.6) is 11.5 Å². The molecule has 1 unspecified atom stereocenters. The molecule has 2 fully saturated rings. The number of methoxy groups -OCH3 is 2. The maximum Gasteiger partial charge on any atom is 0.161 e. The average Bonchev–Trinajstić information content (AvgIpc) is 3.13. The molecule has 1 heterocycles. The van der Waals surface area contributed by atoms with Crippen molar-refractivity contribution in [3.8, 4) is 11.5 Å². The molecule has 5 heteroatoms. The van der Waals surface area contributed by atoms with Crippen molar-refractivity contribution in [3.05, 3.63) is 54.1 Å². The zero-order valence-corrected chi connectivity index (χ0v) is 17.6. The number of thioether (sulfide) groups is 1. The van der Waals surface area contributed by atoms with Crippen LogP contribution in [0.25, 0.3) is 0 Å². The van der Waals surface area contributed by atoms with Gasteiger partial charge in [0.15, 0.2) is 11.5 Å². The number of nitrogens with one attached hydrogen (secondary N) is 1. The van der Waals surface area contributed by atoms with E-state index in [2.05, 4.69) is 58.4 Å². The fourth-order valence-corrected chi connectivity index (χ4v) is 7.33. The molecule has 2 aliphatic rings. The number of benzene rings is 2. The molecule has 4 rings (SSSR count). The van der Waals surface area contributed by atoms with Crippen molar-refractivity contribution >= 4 is 27.7 Å². The molecule has 26 heavy (non-hydrogen) atoms. The van der Waals surface area contributed by atoms with Crippen molar-refractivity contribution < 1.29 is 14.4 Å². The molecule has 1 saturated heterocycles. The lowest BCUT2D eigenvalue weighted by Crippen LogP contribution is -3.15. The van der Waals surface area contributed by atoms with Crippen LogP contribution in [0.15, 0.2) is 53.4 Å². The first-order chi connectivity index (χ1) is 12.7. The lowest BCUT2D eigenvalue weighted by molar-refractivity contribution is -0.929. The third-order valence-corrected chi connectivity index (χ3v) is 8.27. The van der Waals surface area contributed by atoms with Crippen molar-refractivity contribution in [3.63, 3.8) is 0 Å². The van der Waals surface area contributed by atoms with Crippen LogP contribution in [0.1, 0.15) is 12.0 Å². The van der Waals surface area contributed by atoms with E-state index in [0.717, 1.165) is 24.0 Å². The van der Waals surface area contributed by atoms with E-state index >= 15 is 0 Å². The van der Waals surface area contributed by atoms with E-state index in [9.17, 15) is 0 Å². The molecular weight excluding hydrogens is 410 g/mol. The minimum Gasteiger partial charge on any atom is -0.493 e. The number of ether oxygens (including phenoxy) is 2. The number of hydrogen-bond acceptors (Lipinski definition) is 3. The molecule has 138 valence electrons. The van der Waals surface area contributed by atoms with Crippen molar-refractivity contribution in [2.45, 2.75) is 34.0 Å². The van der Waals surface area contributed by atoms with Crippen LogP contribution in [0.4, 0.5) is 0 Å². The number of likely N-dealkylation sites (tertiary alicyclic amines) is 1. The van der Waals surface area contributed by atoms with E-state index in [-0.39, 0.29) is 0 Å². The van der Waals surface area contributed by atoms with Gasteiger partial charge < -0.3 is 14.4 Å². The Morgan fingerprint density at radius 1 is 1.08 bits per heavy atom. The second-order valence-electron chi connectivity index (χ2n) is 7.16. The van der Waals surface area contributed by atoms with E-state index in [0.29, 0.717) is 16.1 Å². The molecule has 2 aromatic carbocycles. The maximum absolute atomic E-state index is 5.47. The summed E-state index contributed by atoms with van der Waals surface area (Å²) in [6, 6.07) is 17.8. The molecule has 0 aromatic heterocycles. The molecule has 5 atom stereocenters. The summed E-state index contributed by atoms with van der Waals surface area (Å²) in [5, 5.41) is 0.634. The SMILES string of the molecule is COc1ccc(S[C@H]2C[C@H]3C[NH+](Cc4ccccc4)[C@@H]2[C@@H]3Br)cc1OC. The Bertz CT molecular complexity index is 757. The molecule has 0 spiro atoms. The maximum atomic E-state index is 5.47. The Hall–Kier alpha value is -1.17. The second kappa shape index (κ2) is 7.83. The molecule has 1 N–H and O–H groups in total. The van der Waals surface area contributed by atoms with Crippen LogP contribution in [-0.4, -0.2) is 36.9 Å². The normalized spacial score (nSPS) is 29.7. The Morgan fingerprint density at radius 3 is 2.54 bits per heavy atom. The van der Waals surface area contributed by atoms with Gasteiger partial charge >= 0.3 is 0 Å². The summed E-state index contributed by atoms with van der Waals surface area (Å²) in [6.45, 7) is 2.39. The molecule has 0 radical (unpaired) electrons. The lowest BCUT2D eigenvalue weighted by atomic mass is 10.1. The molecular formula is C21H25BrNO2S+. The predicted molar refractivity (Wildman–Crippen MR) is 110 cm³/mol. The number of piperidine rings is 1. The predicted octanol–water partition coefficient (Wildman–Crippen LogP) is 3.42. The van der Waals surface area contributed by atoms with Crippen molar-refractivity contribution in [1.82, 2.24) is 0 Å². The summed E-state index contributed by atoms with van der Waals surface area (Å²) in [7, 11) is 3.38. The van der Waals surface area contributed by atoms with Gasteiger partial charge in [0.1, 0.15) is 12.6 Å². The number of fused-ring (bicyclic) bond motifs is 2. The van der Waals surface area contributed by atoms with Gasteiger partial charge in [-0.15, -0.1) is 11.8 Å². The molecule has 3 nitrogen and oxygen atoms in total. The third kappa shape index (κ3) is 3.49. The minimum atomic E-state index is 0.624. The van der Waals surface area contributed by atoms with Gasteiger partial charge in [-0.1, -0.05) is 46.3 Å². The molecule has 0 amide bonds. The van der Waals surface area contributed by atoms with Gasteiger partial charge in [0.05, 0.1) is 30.8 Å². The fourth-order valence-electron chi connectivity index (χ4n) is 4.46. The lowest BCUT2D eigenvalue weighted by Gasteiger charge is -2.30. The standard InChI is InChI=1S/C21H24BrNO2S/c1-24-17-9-8-16(11-18(17)25-2)26-19-10-15-13-23(21(19)20(15)22)12-14-6-4-3-5-7-14/h3-9,11,15,19-21H,10,12-13H2,1-2H3/p+1/t15-,19-,20+,21-/m0/s1. The van der Waals surface area contributed by atoms with E-state index in [1.165, 1.54) is 23.4 Å². The average molecular weight is 435 g/mol. The number of hydrogen-bond donors (Lipinski definition) is 1. The molecule has 1 aliphatic carbocycles. The zero-order chi connectivity index (χ0) is 18.1. The van der Waals surface area contributed by atoms with Gasteiger partial charge in [0.25, 0.3) is 0 Å². The molecule has 2 bridgehead atoms. The quantitative estimate of drug-likeness (QED) is 0.704. The number of alkyl halides is 1. The monoisotopic (exact) mass is 434 g/mol. The summed E-state index contributed by atoms with van der Waals surface area (Å²) in [4.78, 5) is 3.60. The minimum absolute atomic E-state index is 0.624. The summed E-state index contributed by atoms with van der Waals surface area (Å²) < 4.78 is 10.8. The van der Waals surface area contributed by atoms with Crippen LogP contribution >= 0.6 is 27.7 Å². The highest BCUT2D eigenvalue weighted by Crippen LogP contribution is 2.44. The topological polar surface area (TPSA) is 22.9 Å². The zero-order valence-electron chi connectivity index (χ0n) is 15.2. The van der Waals surface area contributed by atoms with E-state index < -0.39 is 0 Å². The van der Waals surface area contributed by atoms with Crippen LogP contribution in [0.2, 0.25) is 0 Å². The number of quaternary nitrogens is 1. The molecule has 1 aliphatic heterocycles.